The topological polar surface area (TPSA) is 62.4 Å². The molecule has 0 saturated heterocycles. The fraction of sp³-hybridized carbons (Fsp3) is 0.238. The summed E-state index contributed by atoms with van der Waals surface area (Å²) in [5.74, 6) is 0.540. The molecule has 0 saturated carbocycles. The van der Waals surface area contributed by atoms with Gasteiger partial charge < -0.3 is 20.7 Å². The summed E-state index contributed by atoms with van der Waals surface area (Å²) in [5.41, 5.74) is 2.90. The highest BCUT2D eigenvalue weighted by atomic mass is 32.1. The lowest BCUT2D eigenvalue weighted by Gasteiger charge is -2.31. The molecule has 6 heteroatoms. The van der Waals surface area contributed by atoms with E-state index in [1.807, 2.05) is 75.4 Å². The van der Waals surface area contributed by atoms with Crippen LogP contribution >= 0.6 is 12.2 Å². The number of para-hydroxylation sites is 2. The molecular formula is C21H23N3O2S. The van der Waals surface area contributed by atoms with Crippen molar-refractivity contribution in [2.24, 2.45) is 0 Å². The van der Waals surface area contributed by atoms with Crippen molar-refractivity contribution in [3.63, 3.8) is 0 Å². The van der Waals surface area contributed by atoms with Crippen LogP contribution < -0.4 is 20.7 Å². The Morgan fingerprint density at radius 1 is 1.11 bits per heavy atom. The lowest BCUT2D eigenvalue weighted by Crippen LogP contribution is -2.45. The molecule has 1 heterocycles. The number of rotatable bonds is 5. The molecule has 0 unspecified atom stereocenters. The van der Waals surface area contributed by atoms with E-state index in [-0.39, 0.29) is 12.0 Å². The van der Waals surface area contributed by atoms with E-state index < -0.39 is 6.04 Å². The highest BCUT2D eigenvalue weighted by Gasteiger charge is 2.31. The van der Waals surface area contributed by atoms with Crippen LogP contribution in [0.5, 0.6) is 5.75 Å². The molecule has 3 rings (SSSR count). The number of carbonyl (C=O) groups is 1. The average molecular weight is 382 g/mol. The van der Waals surface area contributed by atoms with Crippen LogP contribution in [0.2, 0.25) is 0 Å². The van der Waals surface area contributed by atoms with E-state index in [1.54, 1.807) is 0 Å². The summed E-state index contributed by atoms with van der Waals surface area (Å²) < 4.78 is 5.96. The van der Waals surface area contributed by atoms with Gasteiger partial charge >= 0.3 is 0 Å². The van der Waals surface area contributed by atoms with Crippen LogP contribution in [0.15, 0.2) is 65.9 Å². The Balaban J connectivity index is 1.99. The van der Waals surface area contributed by atoms with Crippen molar-refractivity contribution in [1.29, 1.82) is 0 Å². The summed E-state index contributed by atoms with van der Waals surface area (Å²) in [5, 5.41) is 9.71. The zero-order valence-corrected chi connectivity index (χ0v) is 16.4. The van der Waals surface area contributed by atoms with Gasteiger partial charge in [-0.2, -0.15) is 0 Å². The van der Waals surface area contributed by atoms with Gasteiger partial charge in [0, 0.05) is 16.9 Å². The van der Waals surface area contributed by atoms with Crippen LogP contribution in [0.25, 0.3) is 0 Å². The van der Waals surface area contributed by atoms with E-state index >= 15 is 0 Å². The molecule has 0 spiro atoms. The minimum absolute atomic E-state index is 0.0199. The minimum Gasteiger partial charge on any atom is -0.491 e. The van der Waals surface area contributed by atoms with Gasteiger partial charge in [-0.25, -0.2) is 0 Å². The standard InChI is InChI=1S/C21H23N3O2S/c1-13(2)26-17-12-8-7-11-16(17)19-18(14(3)22-21(27)24-19)20(25)23-15-9-5-4-6-10-15/h4-13,19H,1-3H3,(H,23,25)(H2,22,24,27)/t19-/m1/s1. The Morgan fingerprint density at radius 3 is 2.48 bits per heavy atom. The maximum absolute atomic E-state index is 13.1. The van der Waals surface area contributed by atoms with Gasteiger partial charge in [0.2, 0.25) is 0 Å². The van der Waals surface area contributed by atoms with Crippen LogP contribution in [0.3, 0.4) is 0 Å². The Morgan fingerprint density at radius 2 is 1.78 bits per heavy atom. The van der Waals surface area contributed by atoms with Gasteiger partial charge in [0.05, 0.1) is 17.7 Å². The predicted molar refractivity (Wildman–Crippen MR) is 112 cm³/mol. The molecule has 1 aliphatic rings. The van der Waals surface area contributed by atoms with Crippen LogP contribution in [-0.4, -0.2) is 17.1 Å². The van der Waals surface area contributed by atoms with E-state index in [1.165, 1.54) is 0 Å². The van der Waals surface area contributed by atoms with E-state index in [2.05, 4.69) is 16.0 Å². The first-order chi connectivity index (χ1) is 13.0. The summed E-state index contributed by atoms with van der Waals surface area (Å²) in [6.45, 7) is 5.80. The second kappa shape index (κ2) is 8.22. The van der Waals surface area contributed by atoms with Crippen LogP contribution in [0.1, 0.15) is 32.4 Å². The highest BCUT2D eigenvalue weighted by Crippen LogP contribution is 2.34. The molecule has 0 aliphatic carbocycles. The summed E-state index contributed by atoms with van der Waals surface area (Å²) in [7, 11) is 0. The zero-order valence-electron chi connectivity index (χ0n) is 15.6. The molecule has 1 atom stereocenters. The van der Waals surface area contributed by atoms with Crippen molar-refractivity contribution < 1.29 is 9.53 Å². The maximum Gasteiger partial charge on any atom is 0.255 e. The molecule has 140 valence electrons. The quantitative estimate of drug-likeness (QED) is 0.686. The molecule has 0 radical (unpaired) electrons. The Kier molecular flexibility index (Phi) is 5.76. The predicted octanol–water partition coefficient (Wildman–Crippen LogP) is 3.91. The van der Waals surface area contributed by atoms with Crippen molar-refractivity contribution >= 4 is 28.9 Å². The Hall–Kier alpha value is -2.86. The Labute approximate surface area is 164 Å². The number of anilines is 1. The first-order valence-electron chi connectivity index (χ1n) is 8.86. The molecule has 1 aliphatic heterocycles. The summed E-state index contributed by atoms with van der Waals surface area (Å²) in [6, 6.07) is 16.7. The molecule has 1 amide bonds. The third kappa shape index (κ3) is 4.46. The number of benzene rings is 2. The zero-order chi connectivity index (χ0) is 19.4. The molecule has 0 aromatic heterocycles. The summed E-state index contributed by atoms with van der Waals surface area (Å²) in [6.07, 6.45) is 0.0199. The normalized spacial score (nSPS) is 16.6. The fourth-order valence-corrected chi connectivity index (χ4v) is 3.30. The second-order valence-electron chi connectivity index (χ2n) is 6.59. The van der Waals surface area contributed by atoms with Crippen molar-refractivity contribution in [2.75, 3.05) is 5.32 Å². The van der Waals surface area contributed by atoms with E-state index in [0.29, 0.717) is 10.7 Å². The number of ether oxygens (including phenoxy) is 1. The summed E-state index contributed by atoms with van der Waals surface area (Å²) in [4.78, 5) is 13.1. The first-order valence-corrected chi connectivity index (χ1v) is 9.27. The van der Waals surface area contributed by atoms with Gasteiger partial charge in [0.25, 0.3) is 5.91 Å². The second-order valence-corrected chi connectivity index (χ2v) is 7.00. The minimum atomic E-state index is -0.405. The number of amides is 1. The molecular weight excluding hydrogens is 358 g/mol. The molecule has 2 aromatic carbocycles. The third-order valence-electron chi connectivity index (χ3n) is 4.14. The van der Waals surface area contributed by atoms with Crippen LogP contribution in [0, 0.1) is 0 Å². The number of hydrogen-bond acceptors (Lipinski definition) is 3. The molecule has 27 heavy (non-hydrogen) atoms. The SMILES string of the molecule is CC1=C(C(=O)Nc2ccccc2)[C@@H](c2ccccc2OC(C)C)NC(=S)N1. The molecule has 2 aromatic rings. The fourth-order valence-electron chi connectivity index (χ4n) is 3.03. The van der Waals surface area contributed by atoms with Crippen molar-refractivity contribution in [3.8, 4) is 5.75 Å². The first kappa shape index (κ1) is 18.9. The van der Waals surface area contributed by atoms with Gasteiger partial charge in [0.1, 0.15) is 5.75 Å². The van der Waals surface area contributed by atoms with Gasteiger partial charge in [-0.15, -0.1) is 0 Å². The monoisotopic (exact) mass is 381 g/mol. The lowest BCUT2D eigenvalue weighted by atomic mass is 9.94. The molecule has 0 fully saturated rings. The van der Waals surface area contributed by atoms with Crippen molar-refractivity contribution in [1.82, 2.24) is 10.6 Å². The average Bonchev–Trinajstić information content (AvgIpc) is 2.61. The van der Waals surface area contributed by atoms with Gasteiger partial charge in [-0.05, 0) is 51.2 Å². The van der Waals surface area contributed by atoms with Crippen LogP contribution in [-0.2, 0) is 4.79 Å². The summed E-state index contributed by atoms with van der Waals surface area (Å²) >= 11 is 5.33. The molecule has 3 N–H and O–H groups in total. The van der Waals surface area contributed by atoms with Gasteiger partial charge in [-0.3, -0.25) is 4.79 Å². The number of thiocarbonyl (C=S) groups is 1. The smallest absolute Gasteiger partial charge is 0.255 e. The third-order valence-corrected chi connectivity index (χ3v) is 4.36. The van der Waals surface area contributed by atoms with Gasteiger partial charge in [-0.1, -0.05) is 36.4 Å². The molecule has 0 bridgehead atoms. The van der Waals surface area contributed by atoms with Crippen molar-refractivity contribution in [3.05, 3.63) is 71.4 Å². The maximum atomic E-state index is 13.1. The van der Waals surface area contributed by atoms with E-state index in [4.69, 9.17) is 17.0 Å². The lowest BCUT2D eigenvalue weighted by molar-refractivity contribution is -0.113. The number of hydrogen-bond donors (Lipinski definition) is 3. The van der Waals surface area contributed by atoms with Gasteiger partial charge in [0.15, 0.2) is 5.11 Å². The van der Waals surface area contributed by atoms with Crippen LogP contribution in [0.4, 0.5) is 5.69 Å². The Bertz CT molecular complexity index is 878. The number of carbonyl (C=O) groups excluding carboxylic acids is 1. The highest BCUT2D eigenvalue weighted by molar-refractivity contribution is 7.80. The number of nitrogens with one attached hydrogen (secondary N) is 3. The number of allylic oxidation sites excluding steroid dienone is 1. The van der Waals surface area contributed by atoms with Crippen molar-refractivity contribution in [2.45, 2.75) is 32.9 Å². The molecule has 5 nitrogen and oxygen atoms in total. The largest absolute Gasteiger partial charge is 0.491 e. The van der Waals surface area contributed by atoms with E-state index in [0.717, 1.165) is 22.7 Å². The van der Waals surface area contributed by atoms with E-state index in [9.17, 15) is 4.79 Å².